The third-order valence-electron chi connectivity index (χ3n) is 3.27. The van der Waals surface area contributed by atoms with E-state index in [4.69, 9.17) is 0 Å². The van der Waals surface area contributed by atoms with Crippen molar-refractivity contribution in [2.45, 2.75) is 25.8 Å². The Morgan fingerprint density at radius 2 is 2.53 bits per heavy atom. The monoisotopic (exact) mass is 236 g/mol. The topological polar surface area (TPSA) is 50.2 Å². The first kappa shape index (κ1) is 12.1. The van der Waals surface area contributed by atoms with E-state index in [1.807, 2.05) is 18.9 Å². The number of amides is 1. The fraction of sp³-hybridized carbons (Fsp3) is 0.667. The molecule has 0 radical (unpaired) electrons. The van der Waals surface area contributed by atoms with Gasteiger partial charge in [-0.3, -0.25) is 9.48 Å². The molecule has 1 amide bonds. The van der Waals surface area contributed by atoms with Gasteiger partial charge in [-0.2, -0.15) is 5.10 Å². The van der Waals surface area contributed by atoms with Crippen molar-refractivity contribution < 1.29 is 4.79 Å². The van der Waals surface area contributed by atoms with Gasteiger partial charge in [0.15, 0.2) is 0 Å². The highest BCUT2D eigenvalue weighted by molar-refractivity contribution is 5.94. The molecule has 1 aromatic heterocycles. The Morgan fingerprint density at radius 3 is 3.06 bits per heavy atom. The zero-order chi connectivity index (χ0) is 12.3. The molecule has 17 heavy (non-hydrogen) atoms. The molecule has 0 aliphatic carbocycles. The molecule has 1 aliphatic rings. The predicted molar refractivity (Wildman–Crippen MR) is 65.8 cm³/mol. The molecule has 5 nitrogen and oxygen atoms in total. The van der Waals surface area contributed by atoms with Gasteiger partial charge in [-0.15, -0.1) is 0 Å². The molecule has 5 heteroatoms. The van der Waals surface area contributed by atoms with Gasteiger partial charge in [0.25, 0.3) is 5.91 Å². The van der Waals surface area contributed by atoms with Crippen LogP contribution >= 0.6 is 0 Å². The lowest BCUT2D eigenvalue weighted by Gasteiger charge is -2.33. The second-order valence-corrected chi connectivity index (χ2v) is 4.49. The molecule has 1 atom stereocenters. The number of hydrogen-bond acceptors (Lipinski definition) is 3. The van der Waals surface area contributed by atoms with Gasteiger partial charge in [-0.25, -0.2) is 0 Å². The van der Waals surface area contributed by atoms with Crippen molar-refractivity contribution in [1.29, 1.82) is 0 Å². The normalized spacial score (nSPS) is 20.2. The van der Waals surface area contributed by atoms with Gasteiger partial charge in [0.1, 0.15) is 0 Å². The van der Waals surface area contributed by atoms with Crippen LogP contribution in [0.1, 0.15) is 30.1 Å². The zero-order valence-electron chi connectivity index (χ0n) is 10.5. The lowest BCUT2D eigenvalue weighted by Crippen LogP contribution is -2.48. The Bertz CT molecular complexity index is 382. The standard InChI is InChI=1S/C12H20N4O/c1-3-16(11-5-4-6-13-8-11)12(17)10-7-14-15(2)9-10/h7,9,11,13H,3-6,8H2,1-2H3. The van der Waals surface area contributed by atoms with Crippen LogP contribution in [-0.4, -0.2) is 46.3 Å². The second-order valence-electron chi connectivity index (χ2n) is 4.49. The van der Waals surface area contributed by atoms with E-state index >= 15 is 0 Å². The van der Waals surface area contributed by atoms with E-state index in [1.54, 1.807) is 17.1 Å². The fourth-order valence-corrected chi connectivity index (χ4v) is 2.36. The number of piperidine rings is 1. The van der Waals surface area contributed by atoms with Crippen molar-refractivity contribution in [1.82, 2.24) is 20.0 Å². The first-order chi connectivity index (χ1) is 8.22. The minimum Gasteiger partial charge on any atom is -0.335 e. The third-order valence-corrected chi connectivity index (χ3v) is 3.27. The summed E-state index contributed by atoms with van der Waals surface area (Å²) in [6, 6.07) is 0.321. The number of likely N-dealkylation sites (N-methyl/N-ethyl adjacent to an activating group) is 1. The van der Waals surface area contributed by atoms with Crippen LogP contribution in [0.15, 0.2) is 12.4 Å². The van der Waals surface area contributed by atoms with Crippen LogP contribution in [0.25, 0.3) is 0 Å². The summed E-state index contributed by atoms with van der Waals surface area (Å²) < 4.78 is 1.67. The molecule has 0 saturated carbocycles. The van der Waals surface area contributed by atoms with E-state index in [1.165, 1.54) is 0 Å². The van der Waals surface area contributed by atoms with Crippen LogP contribution < -0.4 is 5.32 Å². The SMILES string of the molecule is CCN(C(=O)c1cnn(C)c1)C1CCCNC1. The molecule has 0 spiro atoms. The Labute approximate surface area is 102 Å². The maximum atomic E-state index is 12.3. The summed E-state index contributed by atoms with van der Waals surface area (Å²) in [5.74, 6) is 0.0919. The summed E-state index contributed by atoms with van der Waals surface area (Å²) in [6.07, 6.45) is 5.65. The van der Waals surface area contributed by atoms with E-state index in [0.29, 0.717) is 11.6 Å². The van der Waals surface area contributed by atoms with Crippen molar-refractivity contribution in [2.24, 2.45) is 7.05 Å². The molecule has 0 aromatic carbocycles. The number of carbonyl (C=O) groups is 1. The molecule has 1 saturated heterocycles. The third kappa shape index (κ3) is 2.66. The number of rotatable bonds is 3. The Kier molecular flexibility index (Phi) is 3.78. The first-order valence-electron chi connectivity index (χ1n) is 6.22. The average molecular weight is 236 g/mol. The summed E-state index contributed by atoms with van der Waals surface area (Å²) in [5.41, 5.74) is 0.680. The van der Waals surface area contributed by atoms with Crippen LogP contribution in [0.5, 0.6) is 0 Å². The highest BCUT2D eigenvalue weighted by atomic mass is 16.2. The van der Waals surface area contributed by atoms with E-state index in [9.17, 15) is 4.79 Å². The molecular weight excluding hydrogens is 216 g/mol. The molecule has 0 bridgehead atoms. The molecule has 1 aromatic rings. The highest BCUT2D eigenvalue weighted by Gasteiger charge is 2.25. The van der Waals surface area contributed by atoms with Gasteiger partial charge in [0, 0.05) is 32.4 Å². The van der Waals surface area contributed by atoms with Gasteiger partial charge in [-0.05, 0) is 26.3 Å². The number of nitrogens with one attached hydrogen (secondary N) is 1. The van der Waals surface area contributed by atoms with E-state index < -0.39 is 0 Å². The smallest absolute Gasteiger partial charge is 0.257 e. The molecule has 1 N–H and O–H groups in total. The number of nitrogens with zero attached hydrogens (tertiary/aromatic N) is 3. The number of aromatic nitrogens is 2. The molecule has 1 fully saturated rings. The number of aryl methyl sites for hydroxylation is 1. The summed E-state index contributed by atoms with van der Waals surface area (Å²) in [4.78, 5) is 14.3. The van der Waals surface area contributed by atoms with Crippen LogP contribution in [-0.2, 0) is 7.05 Å². The Morgan fingerprint density at radius 1 is 1.71 bits per heavy atom. The van der Waals surface area contributed by atoms with Gasteiger partial charge in [-0.1, -0.05) is 0 Å². The summed E-state index contributed by atoms with van der Waals surface area (Å²) in [6.45, 7) is 4.75. The van der Waals surface area contributed by atoms with Crippen LogP contribution in [0, 0.1) is 0 Å². The maximum absolute atomic E-state index is 12.3. The van der Waals surface area contributed by atoms with Crippen LogP contribution in [0.4, 0.5) is 0 Å². The predicted octanol–water partition coefficient (Wildman–Crippen LogP) is 0.634. The molecule has 94 valence electrons. The largest absolute Gasteiger partial charge is 0.335 e. The first-order valence-corrected chi connectivity index (χ1v) is 6.22. The molecular formula is C12H20N4O. The minimum absolute atomic E-state index is 0.0919. The molecule has 2 heterocycles. The van der Waals surface area contributed by atoms with Gasteiger partial charge < -0.3 is 10.2 Å². The number of carbonyl (C=O) groups excluding carboxylic acids is 1. The summed E-state index contributed by atoms with van der Waals surface area (Å²) >= 11 is 0. The fourth-order valence-electron chi connectivity index (χ4n) is 2.36. The van der Waals surface area contributed by atoms with E-state index in [-0.39, 0.29) is 5.91 Å². The quantitative estimate of drug-likeness (QED) is 0.837. The summed E-state index contributed by atoms with van der Waals surface area (Å²) in [7, 11) is 1.83. The van der Waals surface area contributed by atoms with Crippen molar-refractivity contribution in [3.63, 3.8) is 0 Å². The van der Waals surface area contributed by atoms with Gasteiger partial charge in [0.2, 0.25) is 0 Å². The minimum atomic E-state index is 0.0919. The second kappa shape index (κ2) is 5.31. The Hall–Kier alpha value is -1.36. The Balaban J connectivity index is 2.09. The van der Waals surface area contributed by atoms with Crippen molar-refractivity contribution in [3.8, 4) is 0 Å². The van der Waals surface area contributed by atoms with Crippen molar-refractivity contribution in [2.75, 3.05) is 19.6 Å². The molecule has 2 rings (SSSR count). The number of hydrogen-bond donors (Lipinski definition) is 1. The highest BCUT2D eigenvalue weighted by Crippen LogP contribution is 2.13. The van der Waals surface area contributed by atoms with Crippen LogP contribution in [0.2, 0.25) is 0 Å². The van der Waals surface area contributed by atoms with Crippen molar-refractivity contribution in [3.05, 3.63) is 18.0 Å². The average Bonchev–Trinajstić information content (AvgIpc) is 2.78. The van der Waals surface area contributed by atoms with Crippen LogP contribution in [0.3, 0.4) is 0 Å². The van der Waals surface area contributed by atoms with Crippen molar-refractivity contribution >= 4 is 5.91 Å². The molecule has 1 unspecified atom stereocenters. The van der Waals surface area contributed by atoms with E-state index in [0.717, 1.165) is 32.5 Å². The van der Waals surface area contributed by atoms with Gasteiger partial charge >= 0.3 is 0 Å². The lowest BCUT2D eigenvalue weighted by atomic mass is 10.1. The van der Waals surface area contributed by atoms with Gasteiger partial charge in [0.05, 0.1) is 11.8 Å². The van der Waals surface area contributed by atoms with E-state index in [2.05, 4.69) is 10.4 Å². The molecule has 1 aliphatic heterocycles. The lowest BCUT2D eigenvalue weighted by molar-refractivity contribution is 0.0662. The zero-order valence-corrected chi connectivity index (χ0v) is 10.5. The maximum Gasteiger partial charge on any atom is 0.257 e. The summed E-state index contributed by atoms with van der Waals surface area (Å²) in [5, 5.41) is 7.40.